The van der Waals surface area contributed by atoms with Crippen molar-refractivity contribution in [2.24, 2.45) is 0 Å². The van der Waals surface area contributed by atoms with Crippen LogP contribution in [-0.4, -0.2) is 26.4 Å². The van der Waals surface area contributed by atoms with E-state index in [-0.39, 0.29) is 12.6 Å². The molecule has 0 heterocycles. The van der Waals surface area contributed by atoms with Gasteiger partial charge in [0.05, 0.1) is 0 Å². The van der Waals surface area contributed by atoms with Gasteiger partial charge in [-0.25, -0.2) is 0 Å². The summed E-state index contributed by atoms with van der Waals surface area (Å²) in [6, 6.07) is 15.9. The van der Waals surface area contributed by atoms with Crippen LogP contribution in [0.3, 0.4) is 0 Å². The Labute approximate surface area is 168 Å². The van der Waals surface area contributed by atoms with E-state index in [4.69, 9.17) is 18.9 Å². The van der Waals surface area contributed by atoms with Crippen molar-refractivity contribution in [1.29, 1.82) is 0 Å². The Morgan fingerprint density at radius 2 is 0.821 bits per heavy atom. The second kappa shape index (κ2) is 12.3. The molecule has 0 aliphatic rings. The molecule has 0 aliphatic heterocycles. The van der Waals surface area contributed by atoms with Crippen LogP contribution >= 0.6 is 0 Å². The number of ether oxygens (including phenoxy) is 4. The van der Waals surface area contributed by atoms with Crippen LogP contribution in [0.4, 0.5) is 0 Å². The minimum absolute atomic E-state index is 0.326. The normalized spacial score (nSPS) is 10.9. The third kappa shape index (κ3) is 6.78. The summed E-state index contributed by atoms with van der Waals surface area (Å²) in [7, 11) is 0. The predicted octanol–water partition coefficient (Wildman–Crippen LogP) is 5.23. The first kappa shape index (κ1) is 22.1. The van der Waals surface area contributed by atoms with Crippen molar-refractivity contribution in [3.05, 3.63) is 70.8 Å². The third-order valence-electron chi connectivity index (χ3n) is 3.99. The minimum atomic E-state index is -0.326. The smallest absolute Gasteiger partial charge is 0.183 e. The molecule has 0 fully saturated rings. The first-order valence-corrected chi connectivity index (χ1v) is 9.90. The zero-order valence-corrected chi connectivity index (χ0v) is 17.2. The second-order valence-corrected chi connectivity index (χ2v) is 5.98. The molecule has 0 aromatic heterocycles. The highest BCUT2D eigenvalue weighted by molar-refractivity contribution is 5.44. The highest BCUT2D eigenvalue weighted by atomic mass is 16.7. The van der Waals surface area contributed by atoms with E-state index in [2.05, 4.69) is 11.8 Å². The van der Waals surface area contributed by atoms with Crippen LogP contribution in [0.25, 0.3) is 0 Å². The summed E-state index contributed by atoms with van der Waals surface area (Å²) in [6.07, 6.45) is -0.652. The zero-order valence-electron chi connectivity index (χ0n) is 17.2. The summed E-state index contributed by atoms with van der Waals surface area (Å²) >= 11 is 0. The molecule has 0 radical (unpaired) electrons. The summed E-state index contributed by atoms with van der Waals surface area (Å²) in [4.78, 5) is 0. The molecule has 0 amide bonds. The van der Waals surface area contributed by atoms with E-state index < -0.39 is 0 Å². The molecule has 0 saturated carbocycles. The molecule has 0 aliphatic carbocycles. The van der Waals surface area contributed by atoms with E-state index in [0.29, 0.717) is 26.4 Å². The van der Waals surface area contributed by atoms with Gasteiger partial charge in [0.15, 0.2) is 12.6 Å². The maximum Gasteiger partial charge on any atom is 0.183 e. The fraction of sp³-hybridized carbons (Fsp3) is 0.417. The van der Waals surface area contributed by atoms with Gasteiger partial charge in [-0.15, -0.1) is 0 Å². The molecule has 2 rings (SSSR count). The molecule has 0 N–H and O–H groups in total. The van der Waals surface area contributed by atoms with Gasteiger partial charge in [-0.1, -0.05) is 36.1 Å². The first-order valence-electron chi connectivity index (χ1n) is 9.90. The van der Waals surface area contributed by atoms with Gasteiger partial charge in [0.25, 0.3) is 0 Å². The fourth-order valence-electron chi connectivity index (χ4n) is 2.68. The van der Waals surface area contributed by atoms with Crippen LogP contribution < -0.4 is 0 Å². The minimum Gasteiger partial charge on any atom is -0.349 e. The van der Waals surface area contributed by atoms with Crippen LogP contribution in [0, 0.1) is 11.8 Å². The Hall–Kier alpha value is -2.16. The topological polar surface area (TPSA) is 36.9 Å². The highest BCUT2D eigenvalue weighted by Crippen LogP contribution is 2.20. The van der Waals surface area contributed by atoms with E-state index >= 15 is 0 Å². The molecule has 4 nitrogen and oxygen atoms in total. The first-order chi connectivity index (χ1) is 13.7. The lowest BCUT2D eigenvalue weighted by Gasteiger charge is -2.17. The van der Waals surface area contributed by atoms with Crippen LogP contribution in [0.2, 0.25) is 0 Å². The molecule has 2 aromatic rings. The molecule has 0 atom stereocenters. The molecule has 150 valence electrons. The quantitative estimate of drug-likeness (QED) is 0.416. The van der Waals surface area contributed by atoms with Gasteiger partial charge in [0.1, 0.15) is 0 Å². The van der Waals surface area contributed by atoms with Gasteiger partial charge in [0.2, 0.25) is 0 Å². The average molecular weight is 383 g/mol. The van der Waals surface area contributed by atoms with Gasteiger partial charge in [0, 0.05) is 48.7 Å². The van der Waals surface area contributed by atoms with E-state index in [1.54, 1.807) is 0 Å². The Kier molecular flexibility index (Phi) is 9.74. The summed E-state index contributed by atoms with van der Waals surface area (Å²) in [5.74, 6) is 6.39. The maximum atomic E-state index is 5.62. The summed E-state index contributed by atoms with van der Waals surface area (Å²) in [5, 5.41) is 0. The van der Waals surface area contributed by atoms with Gasteiger partial charge in [-0.05, 0) is 52.0 Å². The standard InChI is InChI=1S/C24H30O4/c1-5-25-23(26-6-2)21-15-11-19(12-16-21)9-10-20-13-17-22(18-14-20)24(27-7-3)28-8-4/h11-18,23-24H,5-8H2,1-4H3. The third-order valence-corrected chi connectivity index (χ3v) is 3.99. The molecule has 0 unspecified atom stereocenters. The largest absolute Gasteiger partial charge is 0.349 e. The molecule has 28 heavy (non-hydrogen) atoms. The van der Waals surface area contributed by atoms with Crippen molar-refractivity contribution in [3.8, 4) is 11.8 Å². The number of hydrogen-bond donors (Lipinski definition) is 0. The Balaban J connectivity index is 2.06. The molecule has 0 bridgehead atoms. The Morgan fingerprint density at radius 3 is 1.07 bits per heavy atom. The second-order valence-electron chi connectivity index (χ2n) is 5.98. The summed E-state index contributed by atoms with van der Waals surface area (Å²) in [5.41, 5.74) is 3.88. The maximum absolute atomic E-state index is 5.62. The van der Waals surface area contributed by atoms with E-state index in [1.807, 2.05) is 76.2 Å². The van der Waals surface area contributed by atoms with Gasteiger partial charge in [-0.2, -0.15) is 0 Å². The van der Waals surface area contributed by atoms with Crippen molar-refractivity contribution in [2.45, 2.75) is 40.3 Å². The Morgan fingerprint density at radius 1 is 0.536 bits per heavy atom. The van der Waals surface area contributed by atoms with E-state index in [9.17, 15) is 0 Å². The van der Waals surface area contributed by atoms with Crippen molar-refractivity contribution in [1.82, 2.24) is 0 Å². The van der Waals surface area contributed by atoms with Gasteiger partial charge >= 0.3 is 0 Å². The lowest BCUT2D eigenvalue weighted by Crippen LogP contribution is -2.08. The van der Waals surface area contributed by atoms with Crippen LogP contribution in [0.1, 0.15) is 62.5 Å². The highest BCUT2D eigenvalue weighted by Gasteiger charge is 2.11. The van der Waals surface area contributed by atoms with Gasteiger partial charge < -0.3 is 18.9 Å². The molecular formula is C24H30O4. The molecule has 0 spiro atoms. The number of hydrogen-bond acceptors (Lipinski definition) is 4. The molecule has 0 saturated heterocycles. The van der Waals surface area contributed by atoms with Crippen molar-refractivity contribution >= 4 is 0 Å². The number of benzene rings is 2. The molecule has 4 heteroatoms. The van der Waals surface area contributed by atoms with Crippen LogP contribution in [0.5, 0.6) is 0 Å². The van der Waals surface area contributed by atoms with E-state index in [1.165, 1.54) is 0 Å². The Bertz CT molecular complexity index is 665. The average Bonchev–Trinajstić information content (AvgIpc) is 2.73. The summed E-state index contributed by atoms with van der Waals surface area (Å²) in [6.45, 7) is 10.3. The van der Waals surface area contributed by atoms with Crippen LogP contribution in [0.15, 0.2) is 48.5 Å². The van der Waals surface area contributed by atoms with Crippen molar-refractivity contribution < 1.29 is 18.9 Å². The molecule has 2 aromatic carbocycles. The summed E-state index contributed by atoms with van der Waals surface area (Å²) < 4.78 is 22.5. The monoisotopic (exact) mass is 382 g/mol. The lowest BCUT2D eigenvalue weighted by molar-refractivity contribution is -0.140. The number of rotatable bonds is 10. The fourth-order valence-corrected chi connectivity index (χ4v) is 2.68. The lowest BCUT2D eigenvalue weighted by atomic mass is 10.1. The van der Waals surface area contributed by atoms with Crippen molar-refractivity contribution in [2.75, 3.05) is 26.4 Å². The predicted molar refractivity (Wildman–Crippen MR) is 111 cm³/mol. The SMILES string of the molecule is CCOC(OCC)c1ccc(C#Cc2ccc(C(OCC)OCC)cc2)cc1. The van der Waals surface area contributed by atoms with Gasteiger partial charge in [-0.3, -0.25) is 0 Å². The van der Waals surface area contributed by atoms with Crippen molar-refractivity contribution in [3.63, 3.8) is 0 Å². The molecular weight excluding hydrogens is 352 g/mol. The van der Waals surface area contributed by atoms with Crippen LogP contribution in [-0.2, 0) is 18.9 Å². The zero-order chi connectivity index (χ0) is 20.2. The van der Waals surface area contributed by atoms with E-state index in [0.717, 1.165) is 22.3 Å².